The van der Waals surface area contributed by atoms with Crippen LogP contribution < -0.4 is 4.74 Å². The molecule has 2 aromatic rings. The third-order valence-corrected chi connectivity index (χ3v) is 2.30. The van der Waals surface area contributed by atoms with Crippen molar-refractivity contribution in [2.24, 2.45) is 0 Å². The Morgan fingerprint density at radius 2 is 2.00 bits per heavy atom. The van der Waals surface area contributed by atoms with Crippen LogP contribution in [0.2, 0.25) is 5.02 Å². The van der Waals surface area contributed by atoms with Gasteiger partial charge in [0.25, 0.3) is 0 Å². The molecule has 0 aliphatic heterocycles. The van der Waals surface area contributed by atoms with Gasteiger partial charge in [0.2, 0.25) is 0 Å². The van der Waals surface area contributed by atoms with Crippen molar-refractivity contribution >= 4 is 11.6 Å². The number of aromatic nitrogens is 3. The van der Waals surface area contributed by atoms with Gasteiger partial charge in [-0.15, -0.1) is 0 Å². The molecule has 2 rings (SSSR count). The largest absolute Gasteiger partial charge is 0.489 e. The Labute approximate surface area is 105 Å². The van der Waals surface area contributed by atoms with Crippen LogP contribution >= 0.6 is 11.6 Å². The number of pyridine rings is 1. The van der Waals surface area contributed by atoms with Gasteiger partial charge in [0.1, 0.15) is 12.1 Å². The number of halogens is 1. The Morgan fingerprint density at radius 1 is 1.18 bits per heavy atom. The number of rotatable bonds is 3. The third-order valence-electron chi connectivity index (χ3n) is 2.03. The van der Waals surface area contributed by atoms with Gasteiger partial charge in [-0.3, -0.25) is 4.98 Å². The molecule has 0 atom stereocenters. The van der Waals surface area contributed by atoms with Gasteiger partial charge in [-0.2, -0.15) is 0 Å². The van der Waals surface area contributed by atoms with Gasteiger partial charge < -0.3 is 4.74 Å². The average molecular weight is 250 g/mol. The van der Waals surface area contributed by atoms with Crippen molar-refractivity contribution in [1.29, 1.82) is 0 Å². The highest BCUT2D eigenvalue weighted by molar-refractivity contribution is 6.32. The lowest BCUT2D eigenvalue weighted by atomic mass is 10.2. The van der Waals surface area contributed by atoms with Crippen molar-refractivity contribution in [3.05, 3.63) is 36.0 Å². The predicted molar refractivity (Wildman–Crippen MR) is 66.0 cm³/mol. The van der Waals surface area contributed by atoms with E-state index in [1.54, 1.807) is 18.6 Å². The number of nitrogens with zero attached hydrogens (tertiary/aromatic N) is 3. The maximum absolute atomic E-state index is 6.02. The Hall–Kier alpha value is -1.68. The van der Waals surface area contributed by atoms with Gasteiger partial charge in [-0.1, -0.05) is 11.6 Å². The molecule has 0 aromatic carbocycles. The van der Waals surface area contributed by atoms with Crippen molar-refractivity contribution in [3.8, 4) is 17.0 Å². The first kappa shape index (κ1) is 11.8. The fraction of sp³-hybridized carbons (Fsp3) is 0.250. The van der Waals surface area contributed by atoms with Crippen LogP contribution in [-0.4, -0.2) is 21.1 Å². The lowest BCUT2D eigenvalue weighted by Crippen LogP contribution is -2.05. The molecule has 0 aliphatic carbocycles. The summed E-state index contributed by atoms with van der Waals surface area (Å²) in [7, 11) is 0. The van der Waals surface area contributed by atoms with Crippen molar-refractivity contribution in [2.75, 3.05) is 0 Å². The van der Waals surface area contributed by atoms with Crippen LogP contribution in [0.3, 0.4) is 0 Å². The van der Waals surface area contributed by atoms with Crippen LogP contribution in [0, 0.1) is 0 Å². The van der Waals surface area contributed by atoms with E-state index < -0.39 is 0 Å². The van der Waals surface area contributed by atoms with E-state index in [0.717, 1.165) is 5.56 Å². The SMILES string of the molecule is CC(C)Oc1cncc(-c2ncncc2Cl)c1. The average Bonchev–Trinajstić information content (AvgIpc) is 2.29. The van der Waals surface area contributed by atoms with E-state index in [1.165, 1.54) is 6.33 Å². The van der Waals surface area contributed by atoms with Gasteiger partial charge in [0, 0.05) is 18.0 Å². The minimum absolute atomic E-state index is 0.105. The van der Waals surface area contributed by atoms with E-state index in [2.05, 4.69) is 15.0 Å². The summed E-state index contributed by atoms with van der Waals surface area (Å²) in [6.45, 7) is 3.93. The molecule has 0 amide bonds. The third kappa shape index (κ3) is 2.91. The predicted octanol–water partition coefficient (Wildman–Crippen LogP) is 2.98. The molecule has 0 N–H and O–H groups in total. The fourth-order valence-corrected chi connectivity index (χ4v) is 1.62. The molecule has 0 radical (unpaired) electrons. The maximum atomic E-state index is 6.02. The second-order valence-electron chi connectivity index (χ2n) is 3.80. The Kier molecular flexibility index (Phi) is 3.54. The molecular weight excluding hydrogens is 238 g/mol. The minimum atomic E-state index is 0.105. The topological polar surface area (TPSA) is 47.9 Å². The second-order valence-corrected chi connectivity index (χ2v) is 4.20. The number of hydrogen-bond donors (Lipinski definition) is 0. The summed E-state index contributed by atoms with van der Waals surface area (Å²) >= 11 is 6.02. The normalized spacial score (nSPS) is 10.6. The smallest absolute Gasteiger partial charge is 0.138 e. The summed E-state index contributed by atoms with van der Waals surface area (Å²) < 4.78 is 5.57. The maximum Gasteiger partial charge on any atom is 0.138 e. The van der Waals surface area contributed by atoms with Crippen LogP contribution in [0.4, 0.5) is 0 Å². The Morgan fingerprint density at radius 3 is 2.71 bits per heavy atom. The van der Waals surface area contributed by atoms with Crippen molar-refractivity contribution in [3.63, 3.8) is 0 Å². The summed E-state index contributed by atoms with van der Waals surface area (Å²) in [5.74, 6) is 0.701. The zero-order valence-electron chi connectivity index (χ0n) is 9.59. The van der Waals surface area contributed by atoms with Crippen LogP contribution in [0.15, 0.2) is 31.0 Å². The highest BCUT2D eigenvalue weighted by Gasteiger charge is 2.07. The van der Waals surface area contributed by atoms with E-state index in [-0.39, 0.29) is 6.10 Å². The van der Waals surface area contributed by atoms with E-state index in [0.29, 0.717) is 16.5 Å². The van der Waals surface area contributed by atoms with E-state index in [1.807, 2.05) is 19.9 Å². The Bertz CT molecular complexity index is 517. The fourth-order valence-electron chi connectivity index (χ4n) is 1.41. The lowest BCUT2D eigenvalue weighted by molar-refractivity contribution is 0.241. The molecule has 5 heteroatoms. The first-order chi connectivity index (χ1) is 8.16. The van der Waals surface area contributed by atoms with Crippen molar-refractivity contribution in [2.45, 2.75) is 20.0 Å². The summed E-state index contributed by atoms with van der Waals surface area (Å²) in [5.41, 5.74) is 1.47. The van der Waals surface area contributed by atoms with Crippen molar-refractivity contribution < 1.29 is 4.74 Å². The molecule has 0 unspecified atom stereocenters. The van der Waals surface area contributed by atoms with E-state index in [9.17, 15) is 0 Å². The molecule has 0 fully saturated rings. The first-order valence-electron chi connectivity index (χ1n) is 5.24. The first-order valence-corrected chi connectivity index (χ1v) is 5.62. The molecule has 0 aliphatic rings. The van der Waals surface area contributed by atoms with Crippen molar-refractivity contribution in [1.82, 2.24) is 15.0 Å². The van der Waals surface area contributed by atoms with Gasteiger partial charge >= 0.3 is 0 Å². The molecule has 4 nitrogen and oxygen atoms in total. The summed E-state index contributed by atoms with van der Waals surface area (Å²) in [6.07, 6.45) is 6.48. The molecule has 2 heterocycles. The van der Waals surface area contributed by atoms with Crippen LogP contribution in [0.25, 0.3) is 11.3 Å². The van der Waals surface area contributed by atoms with E-state index in [4.69, 9.17) is 16.3 Å². The van der Waals surface area contributed by atoms with Crippen LogP contribution in [0.1, 0.15) is 13.8 Å². The highest BCUT2D eigenvalue weighted by atomic mass is 35.5. The molecule has 17 heavy (non-hydrogen) atoms. The van der Waals surface area contributed by atoms with Crippen LogP contribution in [-0.2, 0) is 0 Å². The van der Waals surface area contributed by atoms with Gasteiger partial charge in [0.15, 0.2) is 0 Å². The quantitative estimate of drug-likeness (QED) is 0.839. The molecular formula is C12H12ClN3O. The summed E-state index contributed by atoms with van der Waals surface area (Å²) in [6, 6.07) is 1.86. The summed E-state index contributed by atoms with van der Waals surface area (Å²) in [4.78, 5) is 12.1. The van der Waals surface area contributed by atoms with Gasteiger partial charge in [-0.25, -0.2) is 9.97 Å². The van der Waals surface area contributed by atoms with Crippen LogP contribution in [0.5, 0.6) is 5.75 Å². The lowest BCUT2D eigenvalue weighted by Gasteiger charge is -2.10. The molecule has 0 spiro atoms. The monoisotopic (exact) mass is 249 g/mol. The van der Waals surface area contributed by atoms with E-state index >= 15 is 0 Å². The summed E-state index contributed by atoms with van der Waals surface area (Å²) in [5, 5.41) is 0.496. The van der Waals surface area contributed by atoms with Gasteiger partial charge in [-0.05, 0) is 19.9 Å². The molecule has 0 saturated heterocycles. The zero-order chi connectivity index (χ0) is 12.3. The Balaban J connectivity index is 2.37. The molecule has 0 saturated carbocycles. The zero-order valence-corrected chi connectivity index (χ0v) is 10.3. The minimum Gasteiger partial charge on any atom is -0.489 e. The number of hydrogen-bond acceptors (Lipinski definition) is 4. The standard InChI is InChI=1S/C12H12ClN3O/c1-8(2)17-10-3-9(4-14-5-10)12-11(13)6-15-7-16-12/h3-8H,1-2H3. The second kappa shape index (κ2) is 5.10. The highest BCUT2D eigenvalue weighted by Crippen LogP contribution is 2.26. The molecule has 2 aromatic heterocycles. The number of ether oxygens (including phenoxy) is 1. The molecule has 88 valence electrons. The molecule has 0 bridgehead atoms. The van der Waals surface area contributed by atoms with Gasteiger partial charge in [0.05, 0.1) is 23.0 Å².